The van der Waals surface area contributed by atoms with Gasteiger partial charge in [0, 0.05) is 32.4 Å². The van der Waals surface area contributed by atoms with Gasteiger partial charge in [-0.3, -0.25) is 4.79 Å². The maximum Gasteiger partial charge on any atom is 0.251 e. The highest BCUT2D eigenvalue weighted by Gasteiger charge is 2.41. The van der Waals surface area contributed by atoms with Gasteiger partial charge >= 0.3 is 0 Å². The molecule has 0 aliphatic carbocycles. The Morgan fingerprint density at radius 3 is 2.95 bits per heavy atom. The van der Waals surface area contributed by atoms with Crippen molar-refractivity contribution in [3.63, 3.8) is 0 Å². The van der Waals surface area contributed by atoms with Crippen molar-refractivity contribution in [3.05, 3.63) is 17.8 Å². The molecule has 21 heavy (non-hydrogen) atoms. The molecule has 1 amide bonds. The zero-order valence-corrected chi connectivity index (χ0v) is 13.2. The monoisotopic (exact) mass is 288 g/mol. The summed E-state index contributed by atoms with van der Waals surface area (Å²) >= 11 is 0. The molecule has 0 spiro atoms. The van der Waals surface area contributed by atoms with E-state index in [9.17, 15) is 4.79 Å². The van der Waals surface area contributed by atoms with E-state index in [4.69, 9.17) is 0 Å². The number of fused-ring (bicyclic) bond motifs is 3. The van der Waals surface area contributed by atoms with Crippen LogP contribution in [0, 0.1) is 6.92 Å². The Morgan fingerprint density at radius 1 is 1.38 bits per heavy atom. The fourth-order valence-electron chi connectivity index (χ4n) is 3.20. The number of unbranched alkanes of at least 4 members (excludes halogenated alkanes) is 1. The average molecular weight is 288 g/mol. The minimum absolute atomic E-state index is 0.0803. The van der Waals surface area contributed by atoms with E-state index in [2.05, 4.69) is 34.8 Å². The molecular weight excluding hydrogens is 264 g/mol. The summed E-state index contributed by atoms with van der Waals surface area (Å²) in [4.78, 5) is 23.9. The van der Waals surface area contributed by atoms with Crippen molar-refractivity contribution in [2.24, 2.45) is 0 Å². The highest BCUT2D eigenvalue weighted by Crippen LogP contribution is 2.36. The fourth-order valence-corrected chi connectivity index (χ4v) is 3.20. The van der Waals surface area contributed by atoms with Crippen molar-refractivity contribution in [2.45, 2.75) is 32.7 Å². The summed E-state index contributed by atoms with van der Waals surface area (Å²) in [5, 5.41) is 0. The van der Waals surface area contributed by atoms with Gasteiger partial charge in [-0.25, -0.2) is 4.98 Å². The van der Waals surface area contributed by atoms with E-state index in [1.54, 1.807) is 0 Å². The van der Waals surface area contributed by atoms with Gasteiger partial charge in [0.15, 0.2) is 5.82 Å². The molecule has 1 atom stereocenters. The number of hydrogen-bond acceptors (Lipinski definition) is 4. The molecule has 0 aromatic carbocycles. The predicted octanol–water partition coefficient (Wildman–Crippen LogP) is 1.66. The van der Waals surface area contributed by atoms with Crippen LogP contribution in [0.1, 0.15) is 25.3 Å². The Kier molecular flexibility index (Phi) is 3.85. The molecule has 1 aromatic heterocycles. The van der Waals surface area contributed by atoms with Crippen molar-refractivity contribution in [1.82, 2.24) is 9.88 Å². The van der Waals surface area contributed by atoms with E-state index >= 15 is 0 Å². The second-order valence-corrected chi connectivity index (χ2v) is 6.17. The first-order valence-corrected chi connectivity index (χ1v) is 7.85. The Morgan fingerprint density at radius 2 is 2.19 bits per heavy atom. The van der Waals surface area contributed by atoms with Gasteiger partial charge in [-0.2, -0.15) is 0 Å². The summed E-state index contributed by atoms with van der Waals surface area (Å²) in [5.41, 5.74) is 2.10. The van der Waals surface area contributed by atoms with Crippen LogP contribution in [-0.2, 0) is 4.79 Å². The van der Waals surface area contributed by atoms with Crippen molar-refractivity contribution in [3.8, 4) is 0 Å². The van der Waals surface area contributed by atoms with Crippen molar-refractivity contribution < 1.29 is 4.79 Å². The Hall–Kier alpha value is -1.62. The van der Waals surface area contributed by atoms with E-state index in [0.717, 1.165) is 56.1 Å². The normalized spacial score (nSPS) is 22.2. The number of piperazine rings is 1. The van der Waals surface area contributed by atoms with Gasteiger partial charge < -0.3 is 14.7 Å². The number of amides is 1. The quantitative estimate of drug-likeness (QED) is 0.848. The molecule has 0 N–H and O–H groups in total. The van der Waals surface area contributed by atoms with Gasteiger partial charge in [0.1, 0.15) is 6.04 Å². The van der Waals surface area contributed by atoms with Crippen LogP contribution in [0.4, 0.5) is 11.5 Å². The van der Waals surface area contributed by atoms with Crippen LogP contribution in [0.3, 0.4) is 0 Å². The van der Waals surface area contributed by atoms with Crippen LogP contribution in [-0.4, -0.2) is 55.1 Å². The van der Waals surface area contributed by atoms with Gasteiger partial charge in [0.25, 0.3) is 5.91 Å². The second kappa shape index (κ2) is 5.64. The summed E-state index contributed by atoms with van der Waals surface area (Å²) in [6, 6.07) is 2.02. The van der Waals surface area contributed by atoms with Crippen LogP contribution in [0.25, 0.3) is 0 Å². The van der Waals surface area contributed by atoms with Gasteiger partial charge in [-0.15, -0.1) is 0 Å². The number of rotatable bonds is 3. The maximum absolute atomic E-state index is 12.9. The number of likely N-dealkylation sites (N-methyl/N-ethyl adjacent to an activating group) is 1. The van der Waals surface area contributed by atoms with E-state index < -0.39 is 0 Å². The third-order valence-corrected chi connectivity index (χ3v) is 4.42. The van der Waals surface area contributed by atoms with E-state index in [-0.39, 0.29) is 11.9 Å². The number of carbonyl (C=O) groups excluding carboxylic acids is 1. The highest BCUT2D eigenvalue weighted by atomic mass is 16.2. The van der Waals surface area contributed by atoms with Crippen LogP contribution in [0.5, 0.6) is 0 Å². The van der Waals surface area contributed by atoms with E-state index in [0.29, 0.717) is 0 Å². The number of aromatic nitrogens is 1. The molecule has 1 fully saturated rings. The lowest BCUT2D eigenvalue weighted by atomic mass is 10.0. The van der Waals surface area contributed by atoms with Crippen LogP contribution in [0.2, 0.25) is 0 Å². The van der Waals surface area contributed by atoms with E-state index in [1.165, 1.54) is 0 Å². The third-order valence-electron chi connectivity index (χ3n) is 4.42. The fraction of sp³-hybridized carbons (Fsp3) is 0.625. The number of anilines is 2. The maximum atomic E-state index is 12.9. The molecule has 3 rings (SSSR count). The number of pyridine rings is 1. The number of carbonyl (C=O) groups is 1. The van der Waals surface area contributed by atoms with Gasteiger partial charge in [-0.05, 0) is 32.0 Å². The molecule has 5 heteroatoms. The Bertz CT molecular complexity index is 545. The molecule has 0 radical (unpaired) electrons. The van der Waals surface area contributed by atoms with Gasteiger partial charge in [-0.1, -0.05) is 13.3 Å². The molecule has 3 heterocycles. The summed E-state index contributed by atoms with van der Waals surface area (Å²) < 4.78 is 0. The standard InChI is InChI=1S/C16H24N4O/c1-4-5-6-20-13-9-12(2)10-17-15(13)19-8-7-18(3)11-14(19)16(20)21/h9-10,14H,4-8,11H2,1-3H3. The van der Waals surface area contributed by atoms with Gasteiger partial charge in [0.05, 0.1) is 5.69 Å². The van der Waals surface area contributed by atoms with Crippen LogP contribution >= 0.6 is 0 Å². The first-order chi connectivity index (χ1) is 10.1. The molecule has 114 valence electrons. The molecular formula is C16H24N4O. The average Bonchev–Trinajstić information content (AvgIpc) is 2.47. The largest absolute Gasteiger partial charge is 0.340 e. The van der Waals surface area contributed by atoms with Gasteiger partial charge in [0.2, 0.25) is 0 Å². The van der Waals surface area contributed by atoms with E-state index in [1.807, 2.05) is 18.0 Å². The molecule has 1 saturated heterocycles. The zero-order valence-electron chi connectivity index (χ0n) is 13.2. The van der Waals surface area contributed by atoms with Crippen LogP contribution < -0.4 is 9.80 Å². The molecule has 1 unspecified atom stereocenters. The van der Waals surface area contributed by atoms with Crippen molar-refractivity contribution in [1.29, 1.82) is 0 Å². The molecule has 5 nitrogen and oxygen atoms in total. The van der Waals surface area contributed by atoms with Crippen molar-refractivity contribution in [2.75, 3.05) is 43.0 Å². The smallest absolute Gasteiger partial charge is 0.251 e. The van der Waals surface area contributed by atoms with Crippen LogP contribution in [0.15, 0.2) is 12.3 Å². The predicted molar refractivity (Wildman–Crippen MR) is 84.9 cm³/mol. The molecule has 2 aliphatic heterocycles. The summed E-state index contributed by atoms with van der Waals surface area (Å²) in [5.74, 6) is 1.21. The highest BCUT2D eigenvalue weighted by molar-refractivity contribution is 6.05. The second-order valence-electron chi connectivity index (χ2n) is 6.17. The minimum atomic E-state index is -0.0803. The number of nitrogens with zero attached hydrogens (tertiary/aromatic N) is 4. The molecule has 1 aromatic rings. The lowest BCUT2D eigenvalue weighted by Gasteiger charge is -2.46. The number of hydrogen-bond donors (Lipinski definition) is 0. The molecule has 0 saturated carbocycles. The third kappa shape index (κ3) is 2.50. The van der Waals surface area contributed by atoms with Crippen molar-refractivity contribution >= 4 is 17.4 Å². The Balaban J connectivity index is 2.01. The minimum Gasteiger partial charge on any atom is -0.340 e. The topological polar surface area (TPSA) is 39.7 Å². The summed E-state index contributed by atoms with van der Waals surface area (Å²) in [6.45, 7) is 7.62. The Labute approximate surface area is 126 Å². The summed E-state index contributed by atoms with van der Waals surface area (Å²) in [7, 11) is 2.08. The lowest BCUT2D eigenvalue weighted by molar-refractivity contribution is -0.121. The summed E-state index contributed by atoms with van der Waals surface area (Å²) in [6.07, 6.45) is 4.02. The molecule has 0 bridgehead atoms. The SMILES string of the molecule is CCCCN1C(=O)C2CN(C)CCN2c2ncc(C)cc21. The zero-order chi connectivity index (χ0) is 15.0. The number of aryl methyl sites for hydroxylation is 1. The first kappa shape index (κ1) is 14.3. The lowest BCUT2D eigenvalue weighted by Crippen LogP contribution is -2.62. The first-order valence-electron chi connectivity index (χ1n) is 7.85. The molecule has 2 aliphatic rings.